The molecule has 2 amide bonds. The fourth-order valence-corrected chi connectivity index (χ4v) is 7.33. The number of amides is 2. The summed E-state index contributed by atoms with van der Waals surface area (Å²) in [6.45, 7) is 4.77. The Kier molecular flexibility index (Phi) is 4.45. The Balaban J connectivity index is 1.58. The molecule has 5 heteroatoms. The number of carbonyl (C=O) groups is 2. The number of hydrogen-bond acceptors (Lipinski definition) is 3. The monoisotopic (exact) mass is 373 g/mol. The van der Waals surface area contributed by atoms with Gasteiger partial charge < -0.3 is 4.90 Å². The topological polar surface area (TPSA) is 52.7 Å². The quantitative estimate of drug-likeness (QED) is 0.757. The number of rotatable bonds is 2. The Labute approximate surface area is 163 Å². The predicted molar refractivity (Wildman–Crippen MR) is 105 cm³/mol. The molecule has 4 rings (SSSR count). The van der Waals surface area contributed by atoms with E-state index in [0.717, 1.165) is 31.3 Å². The van der Waals surface area contributed by atoms with Crippen molar-refractivity contribution < 1.29 is 9.59 Å². The van der Waals surface area contributed by atoms with E-state index in [1.54, 1.807) is 5.01 Å². The summed E-state index contributed by atoms with van der Waals surface area (Å²) in [7, 11) is 5.75. The fourth-order valence-electron chi connectivity index (χ4n) is 7.33. The summed E-state index contributed by atoms with van der Waals surface area (Å²) in [6.07, 6.45) is 9.56. The maximum atomic E-state index is 12.8. The number of allylic oxidation sites excluding steroid dienone is 1. The first-order chi connectivity index (χ1) is 12.7. The molecule has 1 N–H and O–H groups in total. The number of fused-ring (bicyclic) bond motifs is 5. The summed E-state index contributed by atoms with van der Waals surface area (Å²) in [5.41, 5.74) is 4.20. The Morgan fingerprint density at radius 3 is 2.63 bits per heavy atom. The molecule has 27 heavy (non-hydrogen) atoms. The van der Waals surface area contributed by atoms with E-state index in [2.05, 4.69) is 30.2 Å². The summed E-state index contributed by atoms with van der Waals surface area (Å²) < 4.78 is 0. The second-order valence-corrected chi connectivity index (χ2v) is 10.1. The molecule has 0 aromatic heterocycles. The SMILES string of the molecule is CN(C)NC(=O)C1=CC[C@H]2[C@@H]3CCC4N(C)C(=O)CC[C@]4(C)[C@H]3CC[C@]12C. The van der Waals surface area contributed by atoms with Crippen molar-refractivity contribution >= 4 is 11.8 Å². The molecule has 1 unspecified atom stereocenters. The highest BCUT2D eigenvalue weighted by molar-refractivity contribution is 5.95. The Hall–Kier alpha value is -1.36. The summed E-state index contributed by atoms with van der Waals surface area (Å²) >= 11 is 0. The van der Waals surface area contributed by atoms with E-state index < -0.39 is 0 Å². The first kappa shape index (κ1) is 19.0. The second kappa shape index (κ2) is 6.33. The largest absolute Gasteiger partial charge is 0.342 e. The highest BCUT2D eigenvalue weighted by Crippen LogP contribution is 2.64. The lowest BCUT2D eigenvalue weighted by atomic mass is 9.47. The van der Waals surface area contributed by atoms with Gasteiger partial charge in [-0.25, -0.2) is 5.01 Å². The molecule has 3 aliphatic carbocycles. The van der Waals surface area contributed by atoms with Crippen molar-refractivity contribution in [1.82, 2.24) is 15.3 Å². The standard InChI is InChI=1S/C22H35N3O2/c1-21-12-10-16-14(15(21)7-8-17(21)20(27)23-24(3)4)6-9-18-22(16,2)13-11-19(26)25(18)5/h8,14-16,18H,6-7,9-13H2,1-5H3,(H,23,27)/t14-,15-,16-,18?,21-,22+/m0/s1. The highest BCUT2D eigenvalue weighted by atomic mass is 16.2. The van der Waals surface area contributed by atoms with Crippen LogP contribution in [0.4, 0.5) is 0 Å². The number of piperidine rings is 1. The Bertz CT molecular complexity index is 687. The fraction of sp³-hybridized carbons (Fsp3) is 0.818. The molecule has 2 saturated carbocycles. The molecule has 1 aliphatic heterocycles. The van der Waals surface area contributed by atoms with Crippen molar-refractivity contribution in [2.45, 2.75) is 64.8 Å². The third-order valence-electron chi connectivity index (χ3n) is 8.71. The minimum absolute atomic E-state index is 0.000838. The van der Waals surface area contributed by atoms with Crippen LogP contribution in [0.15, 0.2) is 11.6 Å². The zero-order valence-corrected chi connectivity index (χ0v) is 17.5. The van der Waals surface area contributed by atoms with Gasteiger partial charge in [0, 0.05) is 44.6 Å². The van der Waals surface area contributed by atoms with Crippen LogP contribution < -0.4 is 5.43 Å². The first-order valence-electron chi connectivity index (χ1n) is 10.6. The molecule has 0 spiro atoms. The third-order valence-corrected chi connectivity index (χ3v) is 8.71. The lowest BCUT2D eigenvalue weighted by Crippen LogP contribution is -2.61. The van der Waals surface area contributed by atoms with E-state index in [4.69, 9.17) is 0 Å². The first-order valence-corrected chi connectivity index (χ1v) is 10.6. The molecule has 6 atom stereocenters. The molecule has 4 aliphatic rings. The molecular weight excluding hydrogens is 338 g/mol. The van der Waals surface area contributed by atoms with Crippen LogP contribution in [-0.2, 0) is 9.59 Å². The molecule has 0 aromatic rings. The number of likely N-dealkylation sites (tertiary alicyclic amines) is 1. The van der Waals surface area contributed by atoms with Crippen LogP contribution >= 0.6 is 0 Å². The lowest BCUT2D eigenvalue weighted by molar-refractivity contribution is -0.156. The maximum absolute atomic E-state index is 12.8. The normalized spacial score (nSPS) is 43.7. The molecule has 0 radical (unpaired) electrons. The van der Waals surface area contributed by atoms with E-state index in [9.17, 15) is 9.59 Å². The minimum atomic E-state index is 0.000838. The summed E-state index contributed by atoms with van der Waals surface area (Å²) in [4.78, 5) is 27.1. The smallest absolute Gasteiger partial charge is 0.261 e. The van der Waals surface area contributed by atoms with Crippen molar-refractivity contribution in [2.24, 2.45) is 28.6 Å². The van der Waals surface area contributed by atoms with Gasteiger partial charge in [0.1, 0.15) is 0 Å². The number of carbonyl (C=O) groups excluding carboxylic acids is 2. The van der Waals surface area contributed by atoms with Crippen molar-refractivity contribution in [3.8, 4) is 0 Å². The van der Waals surface area contributed by atoms with E-state index >= 15 is 0 Å². The zero-order chi connectivity index (χ0) is 19.6. The van der Waals surface area contributed by atoms with Crippen molar-refractivity contribution in [1.29, 1.82) is 0 Å². The van der Waals surface area contributed by atoms with Gasteiger partial charge in [0.05, 0.1) is 0 Å². The summed E-state index contributed by atoms with van der Waals surface area (Å²) in [5.74, 6) is 2.31. The average Bonchev–Trinajstić information content (AvgIpc) is 2.95. The maximum Gasteiger partial charge on any atom is 0.261 e. The van der Waals surface area contributed by atoms with Gasteiger partial charge in [-0.3, -0.25) is 15.0 Å². The van der Waals surface area contributed by atoms with Gasteiger partial charge in [-0.2, -0.15) is 0 Å². The van der Waals surface area contributed by atoms with Gasteiger partial charge in [0.2, 0.25) is 5.91 Å². The van der Waals surface area contributed by atoms with Crippen LogP contribution in [-0.4, -0.2) is 48.9 Å². The van der Waals surface area contributed by atoms with Crippen molar-refractivity contribution in [3.05, 3.63) is 11.6 Å². The number of nitrogens with zero attached hydrogens (tertiary/aromatic N) is 2. The van der Waals surface area contributed by atoms with Gasteiger partial charge >= 0.3 is 0 Å². The molecule has 1 saturated heterocycles. The summed E-state index contributed by atoms with van der Waals surface area (Å²) in [5, 5.41) is 1.74. The molecule has 150 valence electrons. The summed E-state index contributed by atoms with van der Waals surface area (Å²) in [6, 6.07) is 0.398. The van der Waals surface area contributed by atoms with Crippen molar-refractivity contribution in [3.63, 3.8) is 0 Å². The Morgan fingerprint density at radius 1 is 1.19 bits per heavy atom. The van der Waals surface area contributed by atoms with E-state index in [1.165, 1.54) is 12.8 Å². The van der Waals surface area contributed by atoms with Gasteiger partial charge in [-0.1, -0.05) is 19.9 Å². The van der Waals surface area contributed by atoms with Gasteiger partial charge in [0.15, 0.2) is 0 Å². The van der Waals surface area contributed by atoms with Crippen LogP contribution in [0.1, 0.15) is 58.8 Å². The molecule has 1 heterocycles. The molecule has 0 aromatic carbocycles. The second-order valence-electron chi connectivity index (χ2n) is 10.1. The number of hydrazine groups is 1. The van der Waals surface area contributed by atoms with Crippen LogP contribution in [0.2, 0.25) is 0 Å². The van der Waals surface area contributed by atoms with Crippen LogP contribution in [0, 0.1) is 28.6 Å². The van der Waals surface area contributed by atoms with Crippen LogP contribution in [0.25, 0.3) is 0 Å². The van der Waals surface area contributed by atoms with E-state index in [0.29, 0.717) is 36.1 Å². The zero-order valence-electron chi connectivity index (χ0n) is 17.5. The van der Waals surface area contributed by atoms with Crippen LogP contribution in [0.3, 0.4) is 0 Å². The van der Waals surface area contributed by atoms with Crippen LogP contribution in [0.5, 0.6) is 0 Å². The third kappa shape index (κ3) is 2.68. The average molecular weight is 374 g/mol. The van der Waals surface area contributed by atoms with Gasteiger partial charge in [-0.15, -0.1) is 0 Å². The van der Waals surface area contributed by atoms with Gasteiger partial charge in [-0.05, 0) is 61.7 Å². The minimum Gasteiger partial charge on any atom is -0.342 e. The van der Waals surface area contributed by atoms with E-state index in [1.807, 2.05) is 21.1 Å². The molecule has 3 fully saturated rings. The highest BCUT2D eigenvalue weighted by Gasteiger charge is 2.60. The number of nitrogens with one attached hydrogen (secondary N) is 1. The van der Waals surface area contributed by atoms with E-state index in [-0.39, 0.29) is 16.7 Å². The molecule has 5 nitrogen and oxygen atoms in total. The Morgan fingerprint density at radius 2 is 1.93 bits per heavy atom. The number of hydrogen-bond donors (Lipinski definition) is 1. The molecular formula is C22H35N3O2. The predicted octanol–water partition coefficient (Wildman–Crippen LogP) is 2.98. The lowest BCUT2D eigenvalue weighted by Gasteiger charge is -2.61. The molecule has 0 bridgehead atoms. The van der Waals surface area contributed by atoms with Gasteiger partial charge in [0.25, 0.3) is 5.91 Å². The van der Waals surface area contributed by atoms with Crippen molar-refractivity contribution in [2.75, 3.05) is 21.1 Å².